The molecule has 1 aromatic rings. The molecule has 0 radical (unpaired) electrons. The second-order valence-electron chi connectivity index (χ2n) is 4.27. The Bertz CT molecular complexity index is 409. The Morgan fingerprint density at radius 3 is 2.78 bits per heavy atom. The Kier molecular flexibility index (Phi) is 5.95. The molecule has 1 amide bonds. The summed E-state index contributed by atoms with van der Waals surface area (Å²) in [6.07, 6.45) is 1.09. The van der Waals surface area contributed by atoms with Crippen LogP contribution in [0.25, 0.3) is 0 Å². The molecule has 0 unspecified atom stereocenters. The first-order valence-corrected chi connectivity index (χ1v) is 6.41. The van der Waals surface area contributed by atoms with Crippen LogP contribution in [0.5, 0.6) is 0 Å². The molecule has 0 fully saturated rings. The van der Waals surface area contributed by atoms with Crippen molar-refractivity contribution in [3.8, 4) is 0 Å². The lowest BCUT2D eigenvalue weighted by Crippen LogP contribution is -2.30. The first-order valence-electron chi connectivity index (χ1n) is 6.03. The molecule has 0 aliphatic rings. The van der Waals surface area contributed by atoms with Crippen LogP contribution < -0.4 is 16.0 Å². The van der Waals surface area contributed by atoms with E-state index in [2.05, 4.69) is 12.2 Å². The number of likely N-dealkylation sites (N-methyl/N-ethyl adjacent to an activating group) is 1. The molecule has 0 aliphatic carbocycles. The molecule has 0 aromatic heterocycles. The number of anilines is 1. The first kappa shape index (κ1) is 14.8. The van der Waals surface area contributed by atoms with Crippen LogP contribution in [0.2, 0.25) is 5.02 Å². The minimum atomic E-state index is -0.359. The lowest BCUT2D eigenvalue weighted by molar-refractivity contribution is -0.116. The molecule has 0 spiro atoms. The summed E-state index contributed by atoms with van der Waals surface area (Å²) in [5.74, 6) is -0.359. The summed E-state index contributed by atoms with van der Waals surface area (Å²) in [4.78, 5) is 12.6. The van der Waals surface area contributed by atoms with Gasteiger partial charge in [0.1, 0.15) is 0 Å². The first-order chi connectivity index (χ1) is 8.54. The smallest absolute Gasteiger partial charge is 0.236 e. The van der Waals surface area contributed by atoms with Gasteiger partial charge in [0.15, 0.2) is 0 Å². The summed E-state index contributed by atoms with van der Waals surface area (Å²) in [7, 11) is 1.81. The van der Waals surface area contributed by atoms with Crippen molar-refractivity contribution in [1.29, 1.82) is 0 Å². The number of nitrogens with zero attached hydrogens (tertiary/aromatic N) is 1. The van der Waals surface area contributed by atoms with Crippen LogP contribution in [0.3, 0.4) is 0 Å². The number of carbonyl (C=O) groups is 1. The molecule has 3 N–H and O–H groups in total. The SMILES string of the molecule is CCCNCc1ccc(N(C)CC(N)=O)cc1Cl. The predicted octanol–water partition coefficient (Wildman–Crippen LogP) is 1.76. The third-order valence-corrected chi connectivity index (χ3v) is 2.96. The van der Waals surface area contributed by atoms with Crippen LogP contribution >= 0.6 is 11.6 Å². The van der Waals surface area contributed by atoms with Gasteiger partial charge in [0, 0.05) is 24.3 Å². The third kappa shape index (κ3) is 4.55. The van der Waals surface area contributed by atoms with Crippen molar-refractivity contribution in [3.05, 3.63) is 28.8 Å². The maximum atomic E-state index is 10.8. The van der Waals surface area contributed by atoms with Crippen LogP contribution in [0.1, 0.15) is 18.9 Å². The molecule has 4 nitrogen and oxygen atoms in total. The average molecular weight is 270 g/mol. The molecule has 5 heteroatoms. The fourth-order valence-corrected chi connectivity index (χ4v) is 1.88. The molecule has 100 valence electrons. The van der Waals surface area contributed by atoms with E-state index < -0.39 is 0 Å². The Morgan fingerprint density at radius 1 is 1.50 bits per heavy atom. The molecule has 0 saturated carbocycles. The Hall–Kier alpha value is -1.26. The summed E-state index contributed by atoms with van der Waals surface area (Å²) in [5, 5.41) is 4.00. The number of hydrogen-bond acceptors (Lipinski definition) is 3. The average Bonchev–Trinajstić information content (AvgIpc) is 2.30. The van der Waals surface area contributed by atoms with Gasteiger partial charge in [-0.1, -0.05) is 24.6 Å². The highest BCUT2D eigenvalue weighted by molar-refractivity contribution is 6.31. The molecule has 0 aliphatic heterocycles. The predicted molar refractivity (Wildman–Crippen MR) is 75.9 cm³/mol. The van der Waals surface area contributed by atoms with E-state index >= 15 is 0 Å². The summed E-state index contributed by atoms with van der Waals surface area (Å²) >= 11 is 6.21. The van der Waals surface area contributed by atoms with Gasteiger partial charge < -0.3 is 16.0 Å². The highest BCUT2D eigenvalue weighted by Crippen LogP contribution is 2.22. The van der Waals surface area contributed by atoms with E-state index in [0.29, 0.717) is 5.02 Å². The van der Waals surface area contributed by atoms with E-state index in [-0.39, 0.29) is 12.5 Å². The Morgan fingerprint density at radius 2 is 2.22 bits per heavy atom. The zero-order valence-electron chi connectivity index (χ0n) is 10.9. The number of hydrogen-bond donors (Lipinski definition) is 2. The number of benzene rings is 1. The highest BCUT2D eigenvalue weighted by Gasteiger charge is 2.07. The third-order valence-electron chi connectivity index (χ3n) is 2.61. The van der Waals surface area contributed by atoms with Crippen LogP contribution in [0.15, 0.2) is 18.2 Å². The van der Waals surface area contributed by atoms with Crippen molar-refractivity contribution in [2.75, 3.05) is 25.0 Å². The number of amides is 1. The van der Waals surface area contributed by atoms with Gasteiger partial charge in [-0.2, -0.15) is 0 Å². The zero-order valence-corrected chi connectivity index (χ0v) is 11.6. The van der Waals surface area contributed by atoms with Crippen molar-refractivity contribution in [3.63, 3.8) is 0 Å². The van der Waals surface area contributed by atoms with Crippen molar-refractivity contribution >= 4 is 23.2 Å². The molecular weight excluding hydrogens is 250 g/mol. The molecule has 1 rings (SSSR count). The van der Waals surface area contributed by atoms with Gasteiger partial charge in [0.25, 0.3) is 0 Å². The van der Waals surface area contributed by atoms with Gasteiger partial charge in [-0.15, -0.1) is 0 Å². The lowest BCUT2D eigenvalue weighted by Gasteiger charge is -2.18. The van der Waals surface area contributed by atoms with E-state index in [1.54, 1.807) is 4.90 Å². The number of carbonyl (C=O) groups excluding carboxylic acids is 1. The monoisotopic (exact) mass is 269 g/mol. The topological polar surface area (TPSA) is 58.4 Å². The fraction of sp³-hybridized carbons (Fsp3) is 0.462. The van der Waals surface area contributed by atoms with Gasteiger partial charge in [-0.25, -0.2) is 0 Å². The van der Waals surface area contributed by atoms with Crippen LogP contribution in [0, 0.1) is 0 Å². The van der Waals surface area contributed by atoms with Crippen molar-refractivity contribution in [2.45, 2.75) is 19.9 Å². The van der Waals surface area contributed by atoms with E-state index in [1.165, 1.54) is 0 Å². The van der Waals surface area contributed by atoms with Gasteiger partial charge in [0.05, 0.1) is 6.54 Å². The number of rotatable bonds is 7. The highest BCUT2D eigenvalue weighted by atomic mass is 35.5. The van der Waals surface area contributed by atoms with Crippen molar-refractivity contribution in [2.24, 2.45) is 5.73 Å². The normalized spacial score (nSPS) is 10.4. The Balaban J connectivity index is 2.69. The number of nitrogens with one attached hydrogen (secondary N) is 1. The summed E-state index contributed by atoms with van der Waals surface area (Å²) in [5.41, 5.74) is 7.10. The van der Waals surface area contributed by atoms with Crippen molar-refractivity contribution in [1.82, 2.24) is 5.32 Å². The van der Waals surface area contributed by atoms with Gasteiger partial charge in [0.2, 0.25) is 5.91 Å². The van der Waals surface area contributed by atoms with Gasteiger partial charge in [-0.05, 0) is 30.7 Å². The summed E-state index contributed by atoms with van der Waals surface area (Å²) in [6, 6.07) is 5.77. The van der Waals surface area contributed by atoms with Crippen molar-refractivity contribution < 1.29 is 4.79 Å². The molecule has 0 saturated heterocycles. The van der Waals surface area contributed by atoms with E-state index in [1.807, 2.05) is 25.2 Å². The molecular formula is C13H20ClN3O. The van der Waals surface area contributed by atoms with Crippen LogP contribution in [-0.2, 0) is 11.3 Å². The molecule has 1 aromatic carbocycles. The minimum Gasteiger partial charge on any atom is -0.368 e. The maximum absolute atomic E-state index is 10.8. The number of primary amides is 1. The summed E-state index contributed by atoms with van der Waals surface area (Å²) < 4.78 is 0. The second kappa shape index (κ2) is 7.24. The molecule has 0 heterocycles. The minimum absolute atomic E-state index is 0.184. The largest absolute Gasteiger partial charge is 0.368 e. The molecule has 18 heavy (non-hydrogen) atoms. The second-order valence-corrected chi connectivity index (χ2v) is 4.68. The maximum Gasteiger partial charge on any atom is 0.236 e. The fourth-order valence-electron chi connectivity index (χ4n) is 1.64. The quantitative estimate of drug-likeness (QED) is 0.742. The van der Waals surface area contributed by atoms with E-state index in [9.17, 15) is 4.79 Å². The van der Waals surface area contributed by atoms with Gasteiger partial charge in [-0.3, -0.25) is 4.79 Å². The Labute approximate surface area is 113 Å². The van der Waals surface area contributed by atoms with E-state index in [4.69, 9.17) is 17.3 Å². The molecule has 0 atom stereocenters. The number of nitrogens with two attached hydrogens (primary N) is 1. The number of halogens is 1. The van der Waals surface area contributed by atoms with E-state index in [0.717, 1.165) is 30.8 Å². The lowest BCUT2D eigenvalue weighted by atomic mass is 10.2. The van der Waals surface area contributed by atoms with Gasteiger partial charge >= 0.3 is 0 Å². The summed E-state index contributed by atoms with van der Waals surface area (Å²) in [6.45, 7) is 4.03. The van der Waals surface area contributed by atoms with Crippen LogP contribution in [0.4, 0.5) is 5.69 Å². The molecule has 0 bridgehead atoms. The standard InChI is InChI=1S/C13H20ClN3O/c1-3-6-16-8-10-4-5-11(7-12(10)14)17(2)9-13(15)18/h4-5,7,16H,3,6,8-9H2,1-2H3,(H2,15,18). The van der Waals surface area contributed by atoms with Crippen LogP contribution in [-0.4, -0.2) is 26.0 Å². The zero-order chi connectivity index (χ0) is 13.5.